The summed E-state index contributed by atoms with van der Waals surface area (Å²) in [7, 11) is -1.09. The lowest BCUT2D eigenvalue weighted by atomic mass is 9.49. The van der Waals surface area contributed by atoms with Gasteiger partial charge in [0.2, 0.25) is 0 Å². The summed E-state index contributed by atoms with van der Waals surface area (Å²) in [6, 6.07) is 1.10. The largest absolute Gasteiger partial charge is 0.466 e. The number of ether oxygens (including phenoxy) is 1. The van der Waals surface area contributed by atoms with Crippen molar-refractivity contribution in [2.24, 2.45) is 23.2 Å². The third-order valence-corrected chi connectivity index (χ3v) is 7.26. The zero-order valence-corrected chi connectivity index (χ0v) is 13.7. The summed E-state index contributed by atoms with van der Waals surface area (Å²) in [6.45, 7) is 7.68. The van der Waals surface area contributed by atoms with Crippen LogP contribution < -0.4 is 0 Å². The van der Waals surface area contributed by atoms with Gasteiger partial charge in [0.25, 0.3) is 0 Å². The molecule has 4 aliphatic carbocycles. The molecule has 0 aliphatic heterocycles. The summed E-state index contributed by atoms with van der Waals surface area (Å²) in [4.78, 5) is 12.6. The molecule has 0 spiro atoms. The molecule has 0 radical (unpaired) electrons. The Morgan fingerprint density at radius 2 is 1.53 bits per heavy atom. The molecule has 0 amide bonds. The standard InChI is InChI=1S/C16H28O2Si/c1-19(2,3)5-4-18-15(17)16-9-12-6-13(10-16)8-14(7-12)11-16/h12-14H,4-11H2,1-3H3. The molecule has 0 N–H and O–H groups in total. The molecule has 3 heteroatoms. The van der Waals surface area contributed by atoms with E-state index in [1.165, 1.54) is 19.3 Å². The van der Waals surface area contributed by atoms with Crippen LogP contribution in [0.25, 0.3) is 0 Å². The summed E-state index contributed by atoms with van der Waals surface area (Å²) in [6.07, 6.45) is 7.56. The number of hydrogen-bond acceptors (Lipinski definition) is 2. The summed E-state index contributed by atoms with van der Waals surface area (Å²) in [5, 5.41) is 0. The van der Waals surface area contributed by atoms with E-state index in [-0.39, 0.29) is 11.4 Å². The minimum atomic E-state index is -1.09. The van der Waals surface area contributed by atoms with Gasteiger partial charge in [0.15, 0.2) is 0 Å². The fourth-order valence-corrected chi connectivity index (χ4v) is 5.68. The molecule has 0 aromatic heterocycles. The lowest BCUT2D eigenvalue weighted by Crippen LogP contribution is -2.50. The zero-order valence-electron chi connectivity index (χ0n) is 12.7. The Kier molecular flexibility index (Phi) is 3.31. The van der Waals surface area contributed by atoms with Gasteiger partial charge in [0.1, 0.15) is 0 Å². The van der Waals surface area contributed by atoms with Gasteiger partial charge in [-0.2, -0.15) is 0 Å². The van der Waals surface area contributed by atoms with Gasteiger partial charge in [-0.05, 0) is 62.3 Å². The van der Waals surface area contributed by atoms with Crippen molar-refractivity contribution in [2.45, 2.75) is 64.2 Å². The average Bonchev–Trinajstić information content (AvgIpc) is 2.25. The SMILES string of the molecule is C[Si](C)(C)CCOC(=O)C12CC3CC(CC(C3)C1)C2. The molecule has 0 aromatic carbocycles. The lowest BCUT2D eigenvalue weighted by molar-refractivity contribution is -0.171. The monoisotopic (exact) mass is 280 g/mol. The van der Waals surface area contributed by atoms with E-state index in [4.69, 9.17) is 4.74 Å². The van der Waals surface area contributed by atoms with E-state index >= 15 is 0 Å². The number of carbonyl (C=O) groups excluding carboxylic acids is 1. The molecule has 108 valence electrons. The minimum absolute atomic E-state index is 0.0613. The van der Waals surface area contributed by atoms with Crippen molar-refractivity contribution in [1.29, 1.82) is 0 Å². The van der Waals surface area contributed by atoms with Crippen LogP contribution in [0.4, 0.5) is 0 Å². The maximum atomic E-state index is 12.6. The van der Waals surface area contributed by atoms with Crippen LogP contribution in [-0.4, -0.2) is 20.7 Å². The van der Waals surface area contributed by atoms with Crippen LogP contribution in [0, 0.1) is 23.2 Å². The molecule has 19 heavy (non-hydrogen) atoms. The van der Waals surface area contributed by atoms with Crippen molar-refractivity contribution in [1.82, 2.24) is 0 Å². The number of rotatable bonds is 4. The predicted molar refractivity (Wildman–Crippen MR) is 79.7 cm³/mol. The molecule has 2 nitrogen and oxygen atoms in total. The van der Waals surface area contributed by atoms with Gasteiger partial charge < -0.3 is 4.74 Å². The van der Waals surface area contributed by atoms with E-state index in [0.717, 1.165) is 43.1 Å². The maximum absolute atomic E-state index is 12.6. The lowest BCUT2D eigenvalue weighted by Gasteiger charge is -2.55. The van der Waals surface area contributed by atoms with Crippen molar-refractivity contribution in [3.63, 3.8) is 0 Å². The number of hydrogen-bond donors (Lipinski definition) is 0. The predicted octanol–water partition coefficient (Wildman–Crippen LogP) is 4.08. The van der Waals surface area contributed by atoms with Crippen molar-refractivity contribution in [3.05, 3.63) is 0 Å². The van der Waals surface area contributed by atoms with Crippen molar-refractivity contribution < 1.29 is 9.53 Å². The highest BCUT2D eigenvalue weighted by Crippen LogP contribution is 2.60. The Morgan fingerprint density at radius 1 is 1.05 bits per heavy atom. The fraction of sp³-hybridized carbons (Fsp3) is 0.938. The first-order valence-corrected chi connectivity index (χ1v) is 11.7. The minimum Gasteiger partial charge on any atom is -0.466 e. The van der Waals surface area contributed by atoms with Crippen molar-refractivity contribution in [3.8, 4) is 0 Å². The quantitative estimate of drug-likeness (QED) is 0.573. The second kappa shape index (κ2) is 4.61. The van der Waals surface area contributed by atoms with Gasteiger partial charge in [-0.15, -0.1) is 0 Å². The molecular formula is C16H28O2Si. The second-order valence-electron chi connectivity index (χ2n) is 8.64. The van der Waals surface area contributed by atoms with Crippen LogP contribution in [0.3, 0.4) is 0 Å². The summed E-state index contributed by atoms with van der Waals surface area (Å²) < 4.78 is 5.70. The molecule has 4 bridgehead atoms. The molecule has 0 aromatic rings. The Balaban J connectivity index is 1.60. The number of esters is 1. The van der Waals surface area contributed by atoms with Gasteiger partial charge in [-0.1, -0.05) is 19.6 Å². The molecule has 4 fully saturated rings. The molecular weight excluding hydrogens is 252 g/mol. The second-order valence-corrected chi connectivity index (χ2v) is 14.3. The first kappa shape index (κ1) is 13.7. The van der Waals surface area contributed by atoms with E-state index in [1.54, 1.807) is 0 Å². The van der Waals surface area contributed by atoms with Crippen LogP contribution >= 0.6 is 0 Å². The Bertz CT molecular complexity index is 334. The van der Waals surface area contributed by atoms with Gasteiger partial charge in [0.05, 0.1) is 12.0 Å². The molecule has 4 saturated carbocycles. The summed E-state index contributed by atoms with van der Waals surface area (Å²) >= 11 is 0. The van der Waals surface area contributed by atoms with Gasteiger partial charge in [-0.3, -0.25) is 4.79 Å². The van der Waals surface area contributed by atoms with E-state index < -0.39 is 8.07 Å². The Labute approximate surface area is 118 Å². The van der Waals surface area contributed by atoms with Crippen LogP contribution in [0.5, 0.6) is 0 Å². The highest BCUT2D eigenvalue weighted by molar-refractivity contribution is 6.76. The normalized spacial score (nSPS) is 40.5. The van der Waals surface area contributed by atoms with Gasteiger partial charge in [-0.25, -0.2) is 0 Å². The van der Waals surface area contributed by atoms with E-state index in [1.807, 2.05) is 0 Å². The van der Waals surface area contributed by atoms with Gasteiger partial charge in [0, 0.05) is 8.07 Å². The van der Waals surface area contributed by atoms with Gasteiger partial charge >= 0.3 is 5.97 Å². The van der Waals surface area contributed by atoms with Crippen molar-refractivity contribution >= 4 is 14.0 Å². The molecule has 0 saturated heterocycles. The fourth-order valence-electron chi connectivity index (χ4n) is 4.96. The van der Waals surface area contributed by atoms with Crippen LogP contribution in [-0.2, 0) is 9.53 Å². The first-order valence-electron chi connectivity index (χ1n) is 8.04. The van der Waals surface area contributed by atoms with E-state index in [2.05, 4.69) is 19.6 Å². The van der Waals surface area contributed by atoms with Crippen molar-refractivity contribution in [2.75, 3.05) is 6.61 Å². The van der Waals surface area contributed by atoms with Crippen LogP contribution in [0.15, 0.2) is 0 Å². The molecule has 0 atom stereocenters. The third-order valence-electron chi connectivity index (χ3n) is 5.56. The maximum Gasteiger partial charge on any atom is 0.312 e. The first-order chi connectivity index (χ1) is 8.86. The summed E-state index contributed by atoms with van der Waals surface area (Å²) in [5.41, 5.74) is -0.0613. The highest BCUT2D eigenvalue weighted by Gasteiger charge is 2.55. The van der Waals surface area contributed by atoms with E-state index in [9.17, 15) is 4.79 Å². The smallest absolute Gasteiger partial charge is 0.312 e. The molecule has 4 aliphatic rings. The Morgan fingerprint density at radius 3 is 1.95 bits per heavy atom. The summed E-state index contributed by atoms with van der Waals surface area (Å²) in [5.74, 6) is 2.65. The number of carbonyl (C=O) groups is 1. The molecule has 4 rings (SSSR count). The van der Waals surface area contributed by atoms with Crippen LogP contribution in [0.2, 0.25) is 25.7 Å². The highest BCUT2D eigenvalue weighted by atomic mass is 28.3. The van der Waals surface area contributed by atoms with Crippen LogP contribution in [0.1, 0.15) is 38.5 Å². The van der Waals surface area contributed by atoms with E-state index in [0.29, 0.717) is 6.61 Å². The topological polar surface area (TPSA) is 26.3 Å². The third kappa shape index (κ3) is 2.76. The Hall–Kier alpha value is -0.313. The molecule has 0 heterocycles. The molecule has 0 unspecified atom stereocenters. The zero-order chi connectivity index (χ0) is 13.7. The average molecular weight is 280 g/mol.